The Bertz CT molecular complexity index is 1130. The van der Waals surface area contributed by atoms with Crippen molar-refractivity contribution in [2.75, 3.05) is 20.2 Å². The SMILES string of the molecule is COc1ccc(C(=O)O[C@H](C)C(=O)c2ccc(C(C)(C)C)cc2)cc1S(=O)(=O)N1CCCC1. The number of ether oxygens (including phenoxy) is 2. The van der Waals surface area contributed by atoms with Crippen LogP contribution in [0.1, 0.15) is 66.8 Å². The summed E-state index contributed by atoms with van der Waals surface area (Å²) in [5, 5.41) is 0. The Morgan fingerprint density at radius 2 is 1.55 bits per heavy atom. The summed E-state index contributed by atoms with van der Waals surface area (Å²) < 4.78 is 38.1. The van der Waals surface area contributed by atoms with Gasteiger partial charge < -0.3 is 9.47 Å². The van der Waals surface area contributed by atoms with Crippen molar-refractivity contribution in [1.82, 2.24) is 4.31 Å². The van der Waals surface area contributed by atoms with E-state index in [0.29, 0.717) is 18.7 Å². The summed E-state index contributed by atoms with van der Waals surface area (Å²) in [5.41, 5.74) is 1.53. The van der Waals surface area contributed by atoms with Crippen LogP contribution >= 0.6 is 0 Å². The van der Waals surface area contributed by atoms with Crippen LogP contribution in [0, 0.1) is 0 Å². The van der Waals surface area contributed by atoms with Gasteiger partial charge in [-0.15, -0.1) is 0 Å². The van der Waals surface area contributed by atoms with E-state index in [9.17, 15) is 18.0 Å². The highest BCUT2D eigenvalue weighted by molar-refractivity contribution is 7.89. The minimum absolute atomic E-state index is 0.0382. The molecule has 0 bridgehead atoms. The number of Topliss-reactive ketones (excluding diaryl/α,β-unsaturated/α-hetero) is 1. The lowest BCUT2D eigenvalue weighted by atomic mass is 9.86. The van der Waals surface area contributed by atoms with Gasteiger partial charge in [0.2, 0.25) is 15.8 Å². The summed E-state index contributed by atoms with van der Waals surface area (Å²) in [6, 6.07) is 11.3. The largest absolute Gasteiger partial charge is 0.495 e. The average Bonchev–Trinajstić information content (AvgIpc) is 3.33. The van der Waals surface area contributed by atoms with E-state index < -0.39 is 22.1 Å². The number of methoxy groups -OCH3 is 1. The summed E-state index contributed by atoms with van der Waals surface area (Å²) in [4.78, 5) is 25.4. The van der Waals surface area contributed by atoms with Gasteiger partial charge in [0.1, 0.15) is 10.6 Å². The number of esters is 1. The first kappa shape index (κ1) is 24.9. The molecule has 1 saturated heterocycles. The fraction of sp³-hybridized carbons (Fsp3) is 0.440. The molecule has 7 nitrogen and oxygen atoms in total. The molecule has 0 spiro atoms. The predicted molar refractivity (Wildman–Crippen MR) is 125 cm³/mol. The van der Waals surface area contributed by atoms with Gasteiger partial charge in [-0.1, -0.05) is 45.0 Å². The van der Waals surface area contributed by atoms with Gasteiger partial charge in [-0.25, -0.2) is 13.2 Å². The Morgan fingerprint density at radius 3 is 2.09 bits per heavy atom. The van der Waals surface area contributed by atoms with Crippen molar-refractivity contribution >= 4 is 21.8 Å². The quantitative estimate of drug-likeness (QED) is 0.442. The second-order valence-electron chi connectivity index (χ2n) is 9.22. The number of nitrogens with zero attached hydrogens (tertiary/aromatic N) is 1. The first-order valence-electron chi connectivity index (χ1n) is 11.0. The Balaban J connectivity index is 1.79. The zero-order chi connectivity index (χ0) is 24.4. The van der Waals surface area contributed by atoms with Gasteiger partial charge in [-0.2, -0.15) is 4.31 Å². The van der Waals surface area contributed by atoms with Gasteiger partial charge in [-0.05, 0) is 48.9 Å². The van der Waals surface area contributed by atoms with Crippen LogP contribution in [0.25, 0.3) is 0 Å². The zero-order valence-corrected chi connectivity index (χ0v) is 20.6. The zero-order valence-electron chi connectivity index (χ0n) is 19.8. The molecule has 0 N–H and O–H groups in total. The third-order valence-corrected chi connectivity index (χ3v) is 7.69. The van der Waals surface area contributed by atoms with Crippen LogP contribution in [-0.2, 0) is 20.2 Å². The molecule has 1 fully saturated rings. The van der Waals surface area contributed by atoms with Crippen LogP contribution in [-0.4, -0.2) is 50.8 Å². The molecule has 0 aliphatic carbocycles. The maximum atomic E-state index is 13.0. The Kier molecular flexibility index (Phi) is 7.29. The first-order chi connectivity index (χ1) is 15.4. The van der Waals surface area contributed by atoms with E-state index in [1.165, 1.54) is 36.5 Å². The second kappa shape index (κ2) is 9.65. The van der Waals surface area contributed by atoms with E-state index >= 15 is 0 Å². The molecule has 2 aromatic rings. The van der Waals surface area contributed by atoms with Gasteiger partial charge in [0, 0.05) is 18.7 Å². The number of sulfonamides is 1. The maximum absolute atomic E-state index is 13.0. The van der Waals surface area contributed by atoms with Crippen molar-refractivity contribution in [3.05, 3.63) is 59.2 Å². The highest BCUT2D eigenvalue weighted by Crippen LogP contribution is 2.30. The number of carbonyl (C=O) groups excluding carboxylic acids is 2. The van der Waals surface area contributed by atoms with E-state index in [1.54, 1.807) is 12.1 Å². The van der Waals surface area contributed by atoms with Crippen molar-refractivity contribution in [3.8, 4) is 5.75 Å². The fourth-order valence-electron chi connectivity index (χ4n) is 3.72. The van der Waals surface area contributed by atoms with Crippen molar-refractivity contribution in [2.24, 2.45) is 0 Å². The molecule has 2 aromatic carbocycles. The molecule has 8 heteroatoms. The molecule has 1 aliphatic rings. The van der Waals surface area contributed by atoms with Crippen molar-refractivity contribution in [3.63, 3.8) is 0 Å². The molecular weight excluding hydrogens is 442 g/mol. The molecule has 178 valence electrons. The van der Waals surface area contributed by atoms with Gasteiger partial charge in [-0.3, -0.25) is 4.79 Å². The molecule has 33 heavy (non-hydrogen) atoms. The Labute approximate surface area is 195 Å². The van der Waals surface area contributed by atoms with E-state index in [1.807, 2.05) is 12.1 Å². The summed E-state index contributed by atoms with van der Waals surface area (Å²) in [6.07, 6.45) is 0.554. The van der Waals surface area contributed by atoms with Crippen LogP contribution in [0.5, 0.6) is 5.75 Å². The van der Waals surface area contributed by atoms with Crippen LogP contribution < -0.4 is 4.74 Å². The number of hydrogen-bond donors (Lipinski definition) is 0. The minimum atomic E-state index is -3.81. The third-order valence-electron chi connectivity index (χ3n) is 5.77. The summed E-state index contributed by atoms with van der Waals surface area (Å²) >= 11 is 0. The number of benzene rings is 2. The third kappa shape index (κ3) is 5.45. The van der Waals surface area contributed by atoms with Gasteiger partial charge in [0.25, 0.3) is 0 Å². The summed E-state index contributed by atoms with van der Waals surface area (Å²) in [5.74, 6) is -0.952. The fourth-order valence-corrected chi connectivity index (χ4v) is 5.42. The van der Waals surface area contributed by atoms with Gasteiger partial charge >= 0.3 is 5.97 Å². The summed E-state index contributed by atoms with van der Waals surface area (Å²) in [7, 11) is -2.43. The molecule has 0 amide bonds. The molecule has 0 aromatic heterocycles. The average molecular weight is 474 g/mol. The number of hydrogen-bond acceptors (Lipinski definition) is 6. The number of rotatable bonds is 7. The molecule has 0 unspecified atom stereocenters. The molecule has 1 atom stereocenters. The molecule has 0 saturated carbocycles. The normalized spacial score (nSPS) is 15.8. The molecular formula is C25H31NO6S. The topological polar surface area (TPSA) is 90.0 Å². The minimum Gasteiger partial charge on any atom is -0.495 e. The Morgan fingerprint density at radius 1 is 0.970 bits per heavy atom. The van der Waals surface area contributed by atoms with Crippen LogP contribution in [0.3, 0.4) is 0 Å². The molecule has 0 radical (unpaired) electrons. The molecule has 1 heterocycles. The van der Waals surface area contributed by atoms with Crippen LogP contribution in [0.15, 0.2) is 47.4 Å². The Hall–Kier alpha value is -2.71. The second-order valence-corrected chi connectivity index (χ2v) is 11.1. The standard InChI is InChI=1S/C25H31NO6S/c1-17(23(27)18-8-11-20(12-9-18)25(2,3)4)32-24(28)19-10-13-21(31-5)22(16-19)33(29,30)26-14-6-7-15-26/h8-13,16-17H,6-7,14-15H2,1-5H3/t17-/m1/s1. The highest BCUT2D eigenvalue weighted by atomic mass is 32.2. The van der Waals surface area contributed by atoms with Crippen LogP contribution in [0.2, 0.25) is 0 Å². The lowest BCUT2D eigenvalue weighted by molar-refractivity contribution is 0.0318. The van der Waals surface area contributed by atoms with E-state index in [2.05, 4.69) is 20.8 Å². The van der Waals surface area contributed by atoms with E-state index in [-0.39, 0.29) is 27.4 Å². The van der Waals surface area contributed by atoms with Crippen molar-refractivity contribution in [2.45, 2.75) is 57.0 Å². The van der Waals surface area contributed by atoms with E-state index in [0.717, 1.165) is 18.4 Å². The highest BCUT2D eigenvalue weighted by Gasteiger charge is 2.31. The lowest BCUT2D eigenvalue weighted by Gasteiger charge is -2.20. The molecule has 3 rings (SSSR count). The van der Waals surface area contributed by atoms with E-state index in [4.69, 9.17) is 9.47 Å². The predicted octanol–water partition coefficient (Wildman–Crippen LogP) is 4.21. The number of carbonyl (C=O) groups is 2. The smallest absolute Gasteiger partial charge is 0.338 e. The van der Waals surface area contributed by atoms with Crippen molar-refractivity contribution in [1.29, 1.82) is 0 Å². The number of ketones is 1. The van der Waals surface area contributed by atoms with Gasteiger partial charge in [0.05, 0.1) is 12.7 Å². The lowest BCUT2D eigenvalue weighted by Crippen LogP contribution is -2.28. The molecule has 1 aliphatic heterocycles. The maximum Gasteiger partial charge on any atom is 0.338 e. The first-order valence-corrected chi connectivity index (χ1v) is 12.4. The van der Waals surface area contributed by atoms with Crippen molar-refractivity contribution < 1.29 is 27.5 Å². The summed E-state index contributed by atoms with van der Waals surface area (Å²) in [6.45, 7) is 8.62. The monoisotopic (exact) mass is 473 g/mol. The van der Waals surface area contributed by atoms with Crippen LogP contribution in [0.4, 0.5) is 0 Å². The van der Waals surface area contributed by atoms with Gasteiger partial charge in [0.15, 0.2) is 6.10 Å².